The third kappa shape index (κ3) is 5.00. The van der Waals surface area contributed by atoms with Gasteiger partial charge in [-0.3, -0.25) is 4.99 Å². The Morgan fingerprint density at radius 1 is 1.62 bits per heavy atom. The van der Waals surface area contributed by atoms with Gasteiger partial charge in [-0.1, -0.05) is 13.0 Å². The molecule has 1 N–H and O–H groups in total. The molecule has 2 heterocycles. The van der Waals surface area contributed by atoms with Crippen molar-refractivity contribution in [3.05, 3.63) is 22.4 Å². The number of hydrogen-bond donors (Lipinski definition) is 1. The number of ether oxygens (including phenoxy) is 1. The average molecular weight is 309 g/mol. The van der Waals surface area contributed by atoms with E-state index in [1.54, 1.807) is 0 Å². The zero-order chi connectivity index (χ0) is 15.1. The van der Waals surface area contributed by atoms with Crippen molar-refractivity contribution in [2.24, 2.45) is 10.9 Å². The van der Waals surface area contributed by atoms with Gasteiger partial charge in [0, 0.05) is 43.5 Å². The van der Waals surface area contributed by atoms with Crippen LogP contribution in [0.5, 0.6) is 0 Å². The number of nitrogens with one attached hydrogen (secondary N) is 1. The minimum atomic E-state index is 0.474. The summed E-state index contributed by atoms with van der Waals surface area (Å²) in [6, 6.07) is 4.30. The second-order valence-electron chi connectivity index (χ2n) is 5.72. The van der Waals surface area contributed by atoms with Gasteiger partial charge >= 0.3 is 0 Å². The molecule has 1 aliphatic rings. The minimum absolute atomic E-state index is 0.474. The van der Waals surface area contributed by atoms with Gasteiger partial charge in [0.25, 0.3) is 0 Å². The number of rotatable bonds is 6. The van der Waals surface area contributed by atoms with Gasteiger partial charge in [0.05, 0.1) is 13.2 Å². The minimum Gasteiger partial charge on any atom is -0.381 e. The second kappa shape index (κ2) is 8.39. The van der Waals surface area contributed by atoms with Gasteiger partial charge in [-0.15, -0.1) is 11.3 Å². The lowest BCUT2D eigenvalue weighted by Gasteiger charge is -2.25. The Bertz CT molecular complexity index is 427. The SMILES string of the molecule is CCNC(=NCC(C)c1cccs1)N(C)CC1CCOC1. The average Bonchev–Trinajstić information content (AvgIpc) is 3.15. The molecule has 0 aromatic carbocycles. The van der Waals surface area contributed by atoms with Gasteiger partial charge < -0.3 is 15.0 Å². The lowest BCUT2D eigenvalue weighted by Crippen LogP contribution is -2.41. The summed E-state index contributed by atoms with van der Waals surface area (Å²) in [6.45, 7) is 8.89. The van der Waals surface area contributed by atoms with Crippen LogP contribution in [0.1, 0.15) is 31.1 Å². The molecule has 2 atom stereocenters. The number of guanidine groups is 1. The maximum atomic E-state index is 5.46. The number of nitrogens with zero attached hydrogens (tertiary/aromatic N) is 2. The fraction of sp³-hybridized carbons (Fsp3) is 0.688. The van der Waals surface area contributed by atoms with Crippen LogP contribution in [0.15, 0.2) is 22.5 Å². The molecular formula is C16H27N3OS. The largest absolute Gasteiger partial charge is 0.381 e. The molecule has 1 aromatic heterocycles. The molecule has 0 amide bonds. The van der Waals surface area contributed by atoms with Crippen LogP contribution >= 0.6 is 11.3 Å². The van der Waals surface area contributed by atoms with Crippen LogP contribution in [0, 0.1) is 5.92 Å². The maximum absolute atomic E-state index is 5.46. The van der Waals surface area contributed by atoms with Gasteiger partial charge in [0.15, 0.2) is 5.96 Å². The summed E-state index contributed by atoms with van der Waals surface area (Å²) in [5, 5.41) is 5.53. The fourth-order valence-electron chi connectivity index (χ4n) is 2.56. The van der Waals surface area contributed by atoms with E-state index in [0.717, 1.165) is 45.2 Å². The van der Waals surface area contributed by atoms with E-state index >= 15 is 0 Å². The van der Waals surface area contributed by atoms with Gasteiger partial charge in [-0.2, -0.15) is 0 Å². The van der Waals surface area contributed by atoms with E-state index in [4.69, 9.17) is 9.73 Å². The lowest BCUT2D eigenvalue weighted by molar-refractivity contribution is 0.181. The van der Waals surface area contributed by atoms with Crippen LogP contribution in [0.25, 0.3) is 0 Å². The molecule has 0 bridgehead atoms. The highest BCUT2D eigenvalue weighted by Gasteiger charge is 2.19. The molecule has 1 aliphatic heterocycles. The van der Waals surface area contributed by atoms with E-state index in [0.29, 0.717) is 11.8 Å². The van der Waals surface area contributed by atoms with Crippen LogP contribution in [0.4, 0.5) is 0 Å². The normalized spacial score (nSPS) is 20.5. The molecule has 118 valence electrons. The van der Waals surface area contributed by atoms with Gasteiger partial charge in [0.2, 0.25) is 0 Å². The van der Waals surface area contributed by atoms with Crippen molar-refractivity contribution >= 4 is 17.3 Å². The number of thiophene rings is 1. The molecule has 4 nitrogen and oxygen atoms in total. The van der Waals surface area contributed by atoms with Crippen LogP contribution in [-0.4, -0.2) is 50.8 Å². The van der Waals surface area contributed by atoms with E-state index in [1.165, 1.54) is 4.88 Å². The molecule has 1 saturated heterocycles. The van der Waals surface area contributed by atoms with Crippen LogP contribution in [0.3, 0.4) is 0 Å². The third-order valence-corrected chi connectivity index (χ3v) is 4.90. The molecule has 1 fully saturated rings. The van der Waals surface area contributed by atoms with E-state index < -0.39 is 0 Å². The van der Waals surface area contributed by atoms with Gasteiger partial charge in [-0.05, 0) is 24.8 Å². The summed E-state index contributed by atoms with van der Waals surface area (Å²) in [7, 11) is 2.12. The Morgan fingerprint density at radius 2 is 2.48 bits per heavy atom. The summed E-state index contributed by atoms with van der Waals surface area (Å²) in [5.41, 5.74) is 0. The zero-order valence-electron chi connectivity index (χ0n) is 13.3. The summed E-state index contributed by atoms with van der Waals surface area (Å²) in [5.74, 6) is 2.11. The van der Waals surface area contributed by atoms with Gasteiger partial charge in [0.1, 0.15) is 0 Å². The molecule has 2 rings (SSSR count). The van der Waals surface area contributed by atoms with E-state index in [2.05, 4.69) is 48.6 Å². The molecule has 0 aliphatic carbocycles. The van der Waals surface area contributed by atoms with E-state index in [-0.39, 0.29) is 0 Å². The first-order chi connectivity index (χ1) is 10.2. The highest BCUT2D eigenvalue weighted by Crippen LogP contribution is 2.21. The second-order valence-corrected chi connectivity index (χ2v) is 6.70. The Labute approximate surface area is 132 Å². The molecule has 21 heavy (non-hydrogen) atoms. The molecular weight excluding hydrogens is 282 g/mol. The Morgan fingerprint density at radius 3 is 3.10 bits per heavy atom. The first-order valence-corrected chi connectivity index (χ1v) is 8.69. The maximum Gasteiger partial charge on any atom is 0.193 e. The smallest absolute Gasteiger partial charge is 0.193 e. The van der Waals surface area contributed by atoms with Crippen molar-refractivity contribution < 1.29 is 4.74 Å². The highest BCUT2D eigenvalue weighted by atomic mass is 32.1. The molecule has 0 saturated carbocycles. The number of hydrogen-bond acceptors (Lipinski definition) is 3. The Kier molecular flexibility index (Phi) is 6.51. The zero-order valence-corrected chi connectivity index (χ0v) is 14.2. The highest BCUT2D eigenvalue weighted by molar-refractivity contribution is 7.10. The molecule has 0 radical (unpaired) electrons. The van der Waals surface area contributed by atoms with Crippen molar-refractivity contribution in [2.45, 2.75) is 26.2 Å². The predicted molar refractivity (Wildman–Crippen MR) is 90.3 cm³/mol. The van der Waals surface area contributed by atoms with Crippen LogP contribution in [-0.2, 0) is 4.74 Å². The van der Waals surface area contributed by atoms with Crippen molar-refractivity contribution in [3.63, 3.8) is 0 Å². The quantitative estimate of drug-likeness (QED) is 0.648. The standard InChI is InChI=1S/C16H27N3OS/c1-4-17-16(19(3)11-14-7-8-20-12-14)18-10-13(2)15-6-5-9-21-15/h5-6,9,13-14H,4,7-8,10-12H2,1-3H3,(H,17,18). The van der Waals surface area contributed by atoms with Crippen molar-refractivity contribution in [2.75, 3.05) is 39.9 Å². The monoisotopic (exact) mass is 309 g/mol. The van der Waals surface area contributed by atoms with Crippen molar-refractivity contribution in [3.8, 4) is 0 Å². The van der Waals surface area contributed by atoms with Crippen LogP contribution in [0.2, 0.25) is 0 Å². The van der Waals surface area contributed by atoms with Crippen molar-refractivity contribution in [1.29, 1.82) is 0 Å². The topological polar surface area (TPSA) is 36.9 Å². The molecule has 0 spiro atoms. The third-order valence-electron chi connectivity index (χ3n) is 3.80. The predicted octanol–water partition coefficient (Wildman–Crippen LogP) is 2.79. The lowest BCUT2D eigenvalue weighted by atomic mass is 10.1. The molecule has 5 heteroatoms. The fourth-order valence-corrected chi connectivity index (χ4v) is 3.33. The Hall–Kier alpha value is -1.07. The molecule has 1 aromatic rings. The van der Waals surface area contributed by atoms with Gasteiger partial charge in [-0.25, -0.2) is 0 Å². The first-order valence-electron chi connectivity index (χ1n) is 7.81. The van der Waals surface area contributed by atoms with E-state index in [9.17, 15) is 0 Å². The first kappa shape index (κ1) is 16.3. The summed E-state index contributed by atoms with van der Waals surface area (Å²) < 4.78 is 5.46. The summed E-state index contributed by atoms with van der Waals surface area (Å²) >= 11 is 1.81. The summed E-state index contributed by atoms with van der Waals surface area (Å²) in [4.78, 5) is 8.45. The Balaban J connectivity index is 1.91. The summed E-state index contributed by atoms with van der Waals surface area (Å²) in [6.07, 6.45) is 1.16. The van der Waals surface area contributed by atoms with Crippen molar-refractivity contribution in [1.82, 2.24) is 10.2 Å². The van der Waals surface area contributed by atoms with E-state index in [1.807, 2.05) is 11.3 Å². The van der Waals surface area contributed by atoms with Crippen LogP contribution < -0.4 is 5.32 Å². The molecule has 2 unspecified atom stereocenters. The number of aliphatic imine (C=N–C) groups is 1.